The van der Waals surface area contributed by atoms with Gasteiger partial charge in [-0.2, -0.15) is 0 Å². The van der Waals surface area contributed by atoms with Gasteiger partial charge in [0, 0.05) is 6.04 Å². The fourth-order valence-electron chi connectivity index (χ4n) is 3.06. The van der Waals surface area contributed by atoms with Gasteiger partial charge in [-0.3, -0.25) is 0 Å². The molecule has 0 amide bonds. The summed E-state index contributed by atoms with van der Waals surface area (Å²) in [5, 5.41) is 3.52. The molecule has 0 fully saturated rings. The van der Waals surface area contributed by atoms with E-state index in [-0.39, 0.29) is 0 Å². The molecule has 1 unspecified atom stereocenters. The summed E-state index contributed by atoms with van der Waals surface area (Å²) >= 11 is 0. The molecular weight excluding hydrogens is 206 g/mol. The quantitative estimate of drug-likeness (QED) is 0.799. The van der Waals surface area contributed by atoms with E-state index in [9.17, 15) is 0 Å². The van der Waals surface area contributed by atoms with E-state index in [1.807, 2.05) is 0 Å². The third-order valence-electron chi connectivity index (χ3n) is 3.88. The maximum atomic E-state index is 3.52. The van der Waals surface area contributed by atoms with Crippen LogP contribution in [0.2, 0.25) is 0 Å². The van der Waals surface area contributed by atoms with Gasteiger partial charge in [0.2, 0.25) is 0 Å². The molecule has 1 heteroatoms. The highest BCUT2D eigenvalue weighted by Crippen LogP contribution is 2.32. The summed E-state index contributed by atoms with van der Waals surface area (Å²) in [6, 6.07) is 5.09. The Kier molecular flexibility index (Phi) is 5.20. The standard InChI is InChI=1S/C16H27N/c1-7-14(8-2)16(17-6)15-12(4)9-11(3)10-13(15)5/h9-10,14,16-17H,7-8H2,1-6H3. The van der Waals surface area contributed by atoms with E-state index in [2.05, 4.69) is 59.1 Å². The van der Waals surface area contributed by atoms with Crippen LogP contribution >= 0.6 is 0 Å². The summed E-state index contributed by atoms with van der Waals surface area (Å²) in [5.74, 6) is 0.722. The largest absolute Gasteiger partial charge is 0.313 e. The summed E-state index contributed by atoms with van der Waals surface area (Å²) in [6.45, 7) is 11.2. The molecule has 1 rings (SSSR count). The van der Waals surface area contributed by atoms with Crippen molar-refractivity contribution < 1.29 is 0 Å². The van der Waals surface area contributed by atoms with E-state index in [1.165, 1.54) is 35.1 Å². The molecule has 0 bridgehead atoms. The van der Waals surface area contributed by atoms with E-state index in [4.69, 9.17) is 0 Å². The van der Waals surface area contributed by atoms with E-state index in [1.54, 1.807) is 0 Å². The maximum Gasteiger partial charge on any atom is 0.0351 e. The third kappa shape index (κ3) is 3.10. The summed E-state index contributed by atoms with van der Waals surface area (Å²) in [6.07, 6.45) is 2.46. The van der Waals surface area contributed by atoms with Gasteiger partial charge in [0.1, 0.15) is 0 Å². The van der Waals surface area contributed by atoms with Crippen molar-refractivity contribution in [2.24, 2.45) is 5.92 Å². The Morgan fingerprint density at radius 2 is 1.47 bits per heavy atom. The van der Waals surface area contributed by atoms with E-state index in [0.29, 0.717) is 6.04 Å². The van der Waals surface area contributed by atoms with Gasteiger partial charge in [0.25, 0.3) is 0 Å². The number of aryl methyl sites for hydroxylation is 3. The van der Waals surface area contributed by atoms with Crippen molar-refractivity contribution in [3.05, 3.63) is 34.4 Å². The van der Waals surface area contributed by atoms with Crippen LogP contribution in [0.25, 0.3) is 0 Å². The topological polar surface area (TPSA) is 12.0 Å². The molecule has 1 aromatic carbocycles. The number of hydrogen-bond donors (Lipinski definition) is 1. The molecule has 1 atom stereocenters. The van der Waals surface area contributed by atoms with Gasteiger partial charge in [0.15, 0.2) is 0 Å². The monoisotopic (exact) mass is 233 g/mol. The molecule has 0 saturated carbocycles. The normalized spacial score (nSPS) is 13.1. The van der Waals surface area contributed by atoms with Gasteiger partial charge in [-0.1, -0.05) is 44.4 Å². The number of hydrogen-bond acceptors (Lipinski definition) is 1. The average molecular weight is 233 g/mol. The SMILES string of the molecule is CCC(CC)C(NC)c1c(C)cc(C)cc1C. The molecule has 96 valence electrons. The smallest absolute Gasteiger partial charge is 0.0351 e. The van der Waals surface area contributed by atoms with Crippen LogP contribution in [0.3, 0.4) is 0 Å². The highest BCUT2D eigenvalue weighted by Gasteiger charge is 2.21. The van der Waals surface area contributed by atoms with Crippen LogP contribution in [-0.2, 0) is 0 Å². The lowest BCUT2D eigenvalue weighted by atomic mass is 9.84. The second-order valence-corrected chi connectivity index (χ2v) is 5.16. The minimum Gasteiger partial charge on any atom is -0.313 e. The molecule has 0 saturated heterocycles. The molecule has 1 nitrogen and oxygen atoms in total. The zero-order chi connectivity index (χ0) is 13.0. The Morgan fingerprint density at radius 1 is 1.00 bits per heavy atom. The van der Waals surface area contributed by atoms with Crippen LogP contribution in [0, 0.1) is 26.7 Å². The van der Waals surface area contributed by atoms with E-state index in [0.717, 1.165) is 5.92 Å². The maximum absolute atomic E-state index is 3.52. The predicted octanol–water partition coefficient (Wildman–Crippen LogP) is 4.31. The van der Waals surface area contributed by atoms with Gasteiger partial charge in [-0.25, -0.2) is 0 Å². The molecule has 0 spiro atoms. The van der Waals surface area contributed by atoms with Crippen LogP contribution < -0.4 is 5.32 Å². The van der Waals surface area contributed by atoms with Crippen molar-refractivity contribution >= 4 is 0 Å². The summed E-state index contributed by atoms with van der Waals surface area (Å²) in [5.41, 5.74) is 5.72. The van der Waals surface area contributed by atoms with Gasteiger partial charge in [-0.15, -0.1) is 0 Å². The second kappa shape index (κ2) is 6.20. The van der Waals surface area contributed by atoms with Gasteiger partial charge in [0.05, 0.1) is 0 Å². The van der Waals surface area contributed by atoms with Gasteiger partial charge < -0.3 is 5.32 Å². The molecule has 17 heavy (non-hydrogen) atoms. The highest BCUT2D eigenvalue weighted by atomic mass is 14.9. The number of nitrogens with one attached hydrogen (secondary N) is 1. The first-order valence-electron chi connectivity index (χ1n) is 6.80. The molecule has 0 aliphatic heterocycles. The Bertz CT molecular complexity index is 341. The molecule has 0 aliphatic rings. The Morgan fingerprint density at radius 3 is 1.82 bits per heavy atom. The Hall–Kier alpha value is -0.820. The fraction of sp³-hybridized carbons (Fsp3) is 0.625. The van der Waals surface area contributed by atoms with E-state index < -0.39 is 0 Å². The molecule has 1 N–H and O–H groups in total. The minimum absolute atomic E-state index is 0.491. The number of rotatable bonds is 5. The minimum atomic E-state index is 0.491. The first kappa shape index (κ1) is 14.2. The Labute approximate surface area is 107 Å². The van der Waals surface area contributed by atoms with Crippen LogP contribution in [0.5, 0.6) is 0 Å². The first-order valence-corrected chi connectivity index (χ1v) is 6.80. The molecule has 1 aromatic rings. The van der Waals surface area contributed by atoms with Crippen LogP contribution in [0.15, 0.2) is 12.1 Å². The molecule has 0 heterocycles. The fourth-order valence-corrected chi connectivity index (χ4v) is 3.06. The second-order valence-electron chi connectivity index (χ2n) is 5.16. The molecular formula is C16H27N. The first-order chi connectivity index (χ1) is 8.04. The zero-order valence-corrected chi connectivity index (χ0v) is 12.2. The lowest BCUT2D eigenvalue weighted by molar-refractivity contribution is 0.357. The average Bonchev–Trinajstić information content (AvgIpc) is 2.27. The molecule has 0 radical (unpaired) electrons. The lowest BCUT2D eigenvalue weighted by Gasteiger charge is -2.28. The zero-order valence-electron chi connectivity index (χ0n) is 12.2. The van der Waals surface area contributed by atoms with Gasteiger partial charge >= 0.3 is 0 Å². The van der Waals surface area contributed by atoms with Crippen LogP contribution in [-0.4, -0.2) is 7.05 Å². The van der Waals surface area contributed by atoms with Crippen molar-refractivity contribution in [1.82, 2.24) is 5.32 Å². The van der Waals surface area contributed by atoms with Gasteiger partial charge in [-0.05, 0) is 50.4 Å². The van der Waals surface area contributed by atoms with Crippen molar-refractivity contribution in [1.29, 1.82) is 0 Å². The van der Waals surface area contributed by atoms with Crippen molar-refractivity contribution in [2.75, 3.05) is 7.05 Å². The van der Waals surface area contributed by atoms with Crippen LogP contribution in [0.4, 0.5) is 0 Å². The lowest BCUT2D eigenvalue weighted by Crippen LogP contribution is -2.26. The van der Waals surface area contributed by atoms with Crippen molar-refractivity contribution in [3.8, 4) is 0 Å². The molecule has 0 aromatic heterocycles. The number of benzene rings is 1. The Balaban J connectivity index is 3.20. The van der Waals surface area contributed by atoms with Crippen molar-refractivity contribution in [2.45, 2.75) is 53.5 Å². The highest BCUT2D eigenvalue weighted by molar-refractivity contribution is 5.40. The third-order valence-corrected chi connectivity index (χ3v) is 3.88. The summed E-state index contributed by atoms with van der Waals surface area (Å²) < 4.78 is 0. The van der Waals surface area contributed by atoms with E-state index >= 15 is 0 Å². The van der Waals surface area contributed by atoms with Crippen LogP contribution in [0.1, 0.15) is 55.0 Å². The summed E-state index contributed by atoms with van der Waals surface area (Å²) in [4.78, 5) is 0. The summed E-state index contributed by atoms with van der Waals surface area (Å²) in [7, 11) is 2.09. The predicted molar refractivity (Wildman–Crippen MR) is 76.5 cm³/mol. The molecule has 0 aliphatic carbocycles. The van der Waals surface area contributed by atoms with Crippen molar-refractivity contribution in [3.63, 3.8) is 0 Å².